The molecule has 0 spiro atoms. The lowest BCUT2D eigenvalue weighted by atomic mass is 10.1. The normalized spacial score (nSPS) is 10.3. The molecule has 0 unspecified atom stereocenters. The van der Waals surface area contributed by atoms with Gasteiger partial charge in [0, 0.05) is 11.4 Å². The molecule has 1 aliphatic heterocycles. The maximum absolute atomic E-state index is 3.44. The minimum Gasteiger partial charge on any atom is -0.355 e. The van der Waals surface area contributed by atoms with E-state index in [2.05, 4.69) is 53.9 Å². The lowest BCUT2D eigenvalue weighted by Crippen LogP contribution is -1.92. The SMILES string of the molecule is C1=Cc2ccccc2Nc2ccccc21.CC.CC. The lowest BCUT2D eigenvalue weighted by Gasteiger charge is -2.08. The van der Waals surface area contributed by atoms with Crippen molar-refractivity contribution >= 4 is 23.5 Å². The van der Waals surface area contributed by atoms with E-state index in [1.165, 1.54) is 22.5 Å². The van der Waals surface area contributed by atoms with Gasteiger partial charge in [-0.2, -0.15) is 0 Å². The summed E-state index contributed by atoms with van der Waals surface area (Å²) < 4.78 is 0. The molecule has 1 nitrogen and oxygen atoms in total. The second-order valence-corrected chi connectivity index (χ2v) is 3.63. The highest BCUT2D eigenvalue weighted by Gasteiger charge is 2.05. The van der Waals surface area contributed by atoms with Crippen LogP contribution in [0.25, 0.3) is 12.2 Å². The van der Waals surface area contributed by atoms with Crippen LogP contribution in [0.4, 0.5) is 11.4 Å². The van der Waals surface area contributed by atoms with Gasteiger partial charge in [-0.05, 0) is 23.3 Å². The molecule has 0 fully saturated rings. The Morgan fingerprint density at radius 1 is 0.579 bits per heavy atom. The molecule has 0 saturated heterocycles. The number of anilines is 2. The third kappa shape index (κ3) is 3.72. The highest BCUT2D eigenvalue weighted by molar-refractivity contribution is 5.87. The number of benzene rings is 2. The molecule has 0 bridgehead atoms. The first-order valence-electron chi connectivity index (χ1n) is 7.07. The molecule has 0 aromatic heterocycles. The van der Waals surface area contributed by atoms with Gasteiger partial charge in [-0.25, -0.2) is 0 Å². The molecule has 0 aliphatic carbocycles. The molecular formula is C18H23N. The predicted molar refractivity (Wildman–Crippen MR) is 87.8 cm³/mol. The van der Waals surface area contributed by atoms with Crippen molar-refractivity contribution < 1.29 is 0 Å². The van der Waals surface area contributed by atoms with Crippen molar-refractivity contribution in [3.8, 4) is 0 Å². The number of fused-ring (bicyclic) bond motifs is 2. The second kappa shape index (κ2) is 8.15. The Labute approximate surface area is 117 Å². The minimum atomic E-state index is 1.17. The van der Waals surface area contributed by atoms with Gasteiger partial charge in [0.15, 0.2) is 0 Å². The van der Waals surface area contributed by atoms with Crippen LogP contribution in [0.5, 0.6) is 0 Å². The van der Waals surface area contributed by atoms with E-state index in [1.807, 2.05) is 39.8 Å². The van der Waals surface area contributed by atoms with Crippen LogP contribution in [0.1, 0.15) is 38.8 Å². The van der Waals surface area contributed by atoms with Crippen molar-refractivity contribution in [3.05, 3.63) is 59.7 Å². The van der Waals surface area contributed by atoms with Crippen molar-refractivity contribution in [2.75, 3.05) is 5.32 Å². The Morgan fingerprint density at radius 2 is 0.947 bits per heavy atom. The smallest absolute Gasteiger partial charge is 0.0457 e. The van der Waals surface area contributed by atoms with E-state index in [4.69, 9.17) is 0 Å². The van der Waals surface area contributed by atoms with Crippen molar-refractivity contribution in [1.82, 2.24) is 0 Å². The summed E-state index contributed by atoms with van der Waals surface area (Å²) in [5, 5.41) is 3.44. The maximum Gasteiger partial charge on any atom is 0.0457 e. The van der Waals surface area contributed by atoms with Gasteiger partial charge >= 0.3 is 0 Å². The monoisotopic (exact) mass is 253 g/mol. The van der Waals surface area contributed by atoms with Gasteiger partial charge in [-0.1, -0.05) is 76.2 Å². The van der Waals surface area contributed by atoms with Crippen LogP contribution < -0.4 is 5.32 Å². The molecular weight excluding hydrogens is 230 g/mol. The quantitative estimate of drug-likeness (QED) is 0.520. The molecule has 1 heteroatoms. The van der Waals surface area contributed by atoms with Crippen LogP contribution in [0.15, 0.2) is 48.5 Å². The zero-order chi connectivity index (χ0) is 14.1. The number of hydrogen-bond donors (Lipinski definition) is 1. The topological polar surface area (TPSA) is 12.0 Å². The molecule has 0 radical (unpaired) electrons. The summed E-state index contributed by atoms with van der Waals surface area (Å²) in [7, 11) is 0. The van der Waals surface area contributed by atoms with Gasteiger partial charge in [-0.3, -0.25) is 0 Å². The van der Waals surface area contributed by atoms with Gasteiger partial charge in [0.05, 0.1) is 0 Å². The van der Waals surface area contributed by atoms with E-state index in [0.717, 1.165) is 0 Å². The lowest BCUT2D eigenvalue weighted by molar-refractivity contribution is 1.50. The Hall–Kier alpha value is -2.02. The number of nitrogens with one attached hydrogen (secondary N) is 1. The van der Waals surface area contributed by atoms with E-state index in [-0.39, 0.29) is 0 Å². The summed E-state index contributed by atoms with van der Waals surface area (Å²) in [6.45, 7) is 8.00. The summed E-state index contributed by atoms with van der Waals surface area (Å²) >= 11 is 0. The van der Waals surface area contributed by atoms with Gasteiger partial charge < -0.3 is 5.32 Å². The van der Waals surface area contributed by atoms with Crippen LogP contribution in [-0.2, 0) is 0 Å². The molecule has 1 aliphatic rings. The molecule has 1 N–H and O–H groups in total. The van der Waals surface area contributed by atoms with Gasteiger partial charge in [0.1, 0.15) is 0 Å². The molecule has 1 heterocycles. The van der Waals surface area contributed by atoms with Crippen LogP contribution in [0.2, 0.25) is 0 Å². The van der Waals surface area contributed by atoms with E-state index in [1.54, 1.807) is 0 Å². The fourth-order valence-corrected chi connectivity index (χ4v) is 1.84. The molecule has 3 rings (SSSR count). The van der Waals surface area contributed by atoms with Gasteiger partial charge in [0.25, 0.3) is 0 Å². The largest absolute Gasteiger partial charge is 0.355 e. The highest BCUT2D eigenvalue weighted by Crippen LogP contribution is 2.29. The van der Waals surface area contributed by atoms with E-state index >= 15 is 0 Å². The third-order valence-electron chi connectivity index (χ3n) is 2.63. The fraction of sp³-hybridized carbons (Fsp3) is 0.222. The molecule has 0 atom stereocenters. The zero-order valence-corrected chi connectivity index (χ0v) is 12.3. The molecule has 2 aromatic carbocycles. The number of para-hydroxylation sites is 2. The minimum absolute atomic E-state index is 1.17. The van der Waals surface area contributed by atoms with E-state index in [0.29, 0.717) is 0 Å². The number of rotatable bonds is 0. The van der Waals surface area contributed by atoms with Crippen LogP contribution in [-0.4, -0.2) is 0 Å². The molecule has 0 saturated carbocycles. The summed E-state index contributed by atoms with van der Waals surface area (Å²) in [4.78, 5) is 0. The maximum atomic E-state index is 3.44. The zero-order valence-electron chi connectivity index (χ0n) is 12.3. The summed E-state index contributed by atoms with van der Waals surface area (Å²) in [6.07, 6.45) is 4.29. The predicted octanol–water partition coefficient (Wildman–Crippen LogP) is 5.97. The van der Waals surface area contributed by atoms with Crippen molar-refractivity contribution in [3.63, 3.8) is 0 Å². The average molecular weight is 253 g/mol. The van der Waals surface area contributed by atoms with Crippen molar-refractivity contribution in [1.29, 1.82) is 0 Å². The first-order chi connectivity index (χ1) is 9.43. The average Bonchev–Trinajstić information content (AvgIpc) is 2.70. The van der Waals surface area contributed by atoms with Crippen LogP contribution in [0, 0.1) is 0 Å². The summed E-state index contributed by atoms with van der Waals surface area (Å²) in [5.74, 6) is 0. The number of hydrogen-bond acceptors (Lipinski definition) is 1. The Morgan fingerprint density at radius 3 is 1.37 bits per heavy atom. The Bertz CT molecular complexity index is 479. The summed E-state index contributed by atoms with van der Waals surface area (Å²) in [6, 6.07) is 16.6. The Balaban J connectivity index is 0.000000415. The third-order valence-corrected chi connectivity index (χ3v) is 2.63. The second-order valence-electron chi connectivity index (χ2n) is 3.63. The Kier molecular flexibility index (Phi) is 6.45. The fourth-order valence-electron chi connectivity index (χ4n) is 1.84. The first kappa shape index (κ1) is 15.0. The highest BCUT2D eigenvalue weighted by atomic mass is 14.9. The van der Waals surface area contributed by atoms with Crippen molar-refractivity contribution in [2.24, 2.45) is 0 Å². The van der Waals surface area contributed by atoms with Gasteiger partial charge in [-0.15, -0.1) is 0 Å². The van der Waals surface area contributed by atoms with Crippen molar-refractivity contribution in [2.45, 2.75) is 27.7 Å². The van der Waals surface area contributed by atoms with E-state index < -0.39 is 0 Å². The van der Waals surface area contributed by atoms with E-state index in [9.17, 15) is 0 Å². The summed E-state index contributed by atoms with van der Waals surface area (Å²) in [5.41, 5.74) is 4.79. The first-order valence-corrected chi connectivity index (χ1v) is 7.07. The van der Waals surface area contributed by atoms with Crippen LogP contribution >= 0.6 is 0 Å². The molecule has 19 heavy (non-hydrogen) atoms. The van der Waals surface area contributed by atoms with Crippen LogP contribution in [0.3, 0.4) is 0 Å². The molecule has 0 amide bonds. The molecule has 2 aromatic rings. The standard InChI is InChI=1S/C14H11N.2C2H6/c1-3-7-13-11(5-1)9-10-12-6-2-4-8-14(12)15-13;2*1-2/h1-10,15H;2*1-2H3. The molecule has 100 valence electrons. The van der Waals surface area contributed by atoms with Gasteiger partial charge in [0.2, 0.25) is 0 Å².